The van der Waals surface area contributed by atoms with Crippen molar-refractivity contribution in [1.29, 1.82) is 0 Å². The molecule has 0 bridgehead atoms. The molecule has 2 aromatic carbocycles. The van der Waals surface area contributed by atoms with E-state index in [2.05, 4.69) is 16.0 Å². The molecule has 0 spiro atoms. The van der Waals surface area contributed by atoms with Crippen LogP contribution in [-0.4, -0.2) is 31.1 Å². The SMILES string of the molecule is CC(=O)NCC(=O)N[C@H](C(=O)Nc1ccc2c(c1)OCO2)c1ccccc1. The molecule has 2 aromatic rings. The monoisotopic (exact) mass is 369 g/mol. The lowest BCUT2D eigenvalue weighted by molar-refractivity contribution is -0.127. The molecule has 3 amide bonds. The van der Waals surface area contributed by atoms with Crippen molar-refractivity contribution in [2.75, 3.05) is 18.7 Å². The molecule has 0 saturated carbocycles. The summed E-state index contributed by atoms with van der Waals surface area (Å²) in [4.78, 5) is 35.9. The van der Waals surface area contributed by atoms with Crippen LogP contribution in [0.5, 0.6) is 11.5 Å². The first-order valence-corrected chi connectivity index (χ1v) is 8.32. The minimum atomic E-state index is -0.919. The average molecular weight is 369 g/mol. The van der Waals surface area contributed by atoms with Gasteiger partial charge in [0.15, 0.2) is 11.5 Å². The molecule has 1 aliphatic heterocycles. The second kappa shape index (κ2) is 8.22. The Balaban J connectivity index is 1.74. The highest BCUT2D eigenvalue weighted by Crippen LogP contribution is 2.34. The molecule has 0 saturated heterocycles. The Kier molecular flexibility index (Phi) is 5.55. The summed E-state index contributed by atoms with van der Waals surface area (Å²) in [6.45, 7) is 1.24. The van der Waals surface area contributed by atoms with Crippen molar-refractivity contribution in [2.45, 2.75) is 13.0 Å². The Morgan fingerprint density at radius 2 is 1.78 bits per heavy atom. The Morgan fingerprint density at radius 3 is 2.52 bits per heavy atom. The van der Waals surface area contributed by atoms with Crippen LogP contribution < -0.4 is 25.4 Å². The van der Waals surface area contributed by atoms with E-state index in [1.54, 1.807) is 42.5 Å². The lowest BCUT2D eigenvalue weighted by atomic mass is 10.1. The van der Waals surface area contributed by atoms with Gasteiger partial charge in [-0.2, -0.15) is 0 Å². The van der Waals surface area contributed by atoms with Crippen LogP contribution in [0.25, 0.3) is 0 Å². The highest BCUT2D eigenvalue weighted by molar-refractivity contribution is 5.98. The first kappa shape index (κ1) is 18.2. The zero-order valence-electron chi connectivity index (χ0n) is 14.7. The number of benzene rings is 2. The van der Waals surface area contributed by atoms with Crippen LogP contribution in [-0.2, 0) is 14.4 Å². The molecule has 0 fully saturated rings. The summed E-state index contributed by atoms with van der Waals surface area (Å²) in [6.07, 6.45) is 0. The molecule has 1 aliphatic rings. The van der Waals surface area contributed by atoms with E-state index in [4.69, 9.17) is 9.47 Å². The molecule has 0 unspecified atom stereocenters. The molecule has 1 heterocycles. The quantitative estimate of drug-likeness (QED) is 0.713. The fraction of sp³-hybridized carbons (Fsp3) is 0.211. The normalized spacial score (nSPS) is 12.8. The molecule has 1 atom stereocenters. The summed E-state index contributed by atoms with van der Waals surface area (Å²) in [5.74, 6) is -0.0719. The van der Waals surface area contributed by atoms with Crippen LogP contribution in [0, 0.1) is 0 Å². The third-order valence-electron chi connectivity index (χ3n) is 3.84. The number of carbonyl (C=O) groups excluding carboxylic acids is 3. The molecule has 0 aliphatic carbocycles. The van der Waals surface area contributed by atoms with Crippen LogP contribution in [0.2, 0.25) is 0 Å². The van der Waals surface area contributed by atoms with Gasteiger partial charge in [0.05, 0.1) is 6.54 Å². The van der Waals surface area contributed by atoms with Crippen LogP contribution in [0.15, 0.2) is 48.5 Å². The average Bonchev–Trinajstić information content (AvgIpc) is 3.13. The van der Waals surface area contributed by atoms with Crippen molar-refractivity contribution in [3.05, 3.63) is 54.1 Å². The molecule has 0 radical (unpaired) electrons. The fourth-order valence-electron chi connectivity index (χ4n) is 2.55. The van der Waals surface area contributed by atoms with Crippen molar-refractivity contribution >= 4 is 23.4 Å². The predicted octanol–water partition coefficient (Wildman–Crippen LogP) is 1.35. The number of ether oxygens (including phenoxy) is 2. The molecule has 27 heavy (non-hydrogen) atoms. The van der Waals surface area contributed by atoms with Gasteiger partial charge in [0.25, 0.3) is 5.91 Å². The van der Waals surface area contributed by atoms with Gasteiger partial charge in [-0.3, -0.25) is 14.4 Å². The number of amides is 3. The van der Waals surface area contributed by atoms with E-state index in [1.807, 2.05) is 6.07 Å². The number of anilines is 1. The van der Waals surface area contributed by atoms with Gasteiger partial charge in [0.1, 0.15) is 6.04 Å². The molecular weight excluding hydrogens is 350 g/mol. The molecular formula is C19H19N3O5. The van der Waals surface area contributed by atoms with E-state index in [-0.39, 0.29) is 19.2 Å². The maximum Gasteiger partial charge on any atom is 0.251 e. The summed E-state index contributed by atoms with van der Waals surface area (Å²) in [5.41, 5.74) is 1.13. The predicted molar refractivity (Wildman–Crippen MR) is 97.2 cm³/mol. The van der Waals surface area contributed by atoms with E-state index in [1.165, 1.54) is 6.92 Å². The van der Waals surface area contributed by atoms with Gasteiger partial charge < -0.3 is 25.4 Å². The van der Waals surface area contributed by atoms with Crippen LogP contribution in [0.4, 0.5) is 5.69 Å². The minimum Gasteiger partial charge on any atom is -0.454 e. The van der Waals surface area contributed by atoms with Crippen molar-refractivity contribution in [3.63, 3.8) is 0 Å². The topological polar surface area (TPSA) is 106 Å². The number of rotatable bonds is 6. The Labute approximate surface area is 155 Å². The summed E-state index contributed by atoms with van der Waals surface area (Å²) in [5, 5.41) is 7.81. The number of nitrogens with one attached hydrogen (secondary N) is 3. The molecule has 140 valence electrons. The largest absolute Gasteiger partial charge is 0.454 e. The second-order valence-corrected chi connectivity index (χ2v) is 5.88. The molecule has 0 aromatic heterocycles. The lowest BCUT2D eigenvalue weighted by Gasteiger charge is -2.19. The fourth-order valence-corrected chi connectivity index (χ4v) is 2.55. The summed E-state index contributed by atoms with van der Waals surface area (Å²) in [6, 6.07) is 13.0. The summed E-state index contributed by atoms with van der Waals surface area (Å²) in [7, 11) is 0. The first-order chi connectivity index (χ1) is 13.0. The second-order valence-electron chi connectivity index (χ2n) is 5.88. The van der Waals surface area contributed by atoms with Gasteiger partial charge in [0.2, 0.25) is 18.6 Å². The maximum absolute atomic E-state index is 12.8. The van der Waals surface area contributed by atoms with E-state index >= 15 is 0 Å². The molecule has 8 nitrogen and oxygen atoms in total. The van der Waals surface area contributed by atoms with Crippen molar-refractivity contribution < 1.29 is 23.9 Å². The standard InChI is InChI=1S/C19H19N3O5/c1-12(23)20-10-17(24)22-18(13-5-3-2-4-6-13)19(25)21-14-7-8-15-16(9-14)27-11-26-15/h2-9,18H,10-11H2,1H3,(H,20,23)(H,21,25)(H,22,24)/t18-/m0/s1. The maximum atomic E-state index is 12.8. The van der Waals surface area contributed by atoms with Crippen molar-refractivity contribution in [2.24, 2.45) is 0 Å². The van der Waals surface area contributed by atoms with E-state index < -0.39 is 17.9 Å². The molecule has 3 N–H and O–H groups in total. The van der Waals surface area contributed by atoms with Crippen molar-refractivity contribution in [3.8, 4) is 11.5 Å². The van der Waals surface area contributed by atoms with Crippen molar-refractivity contribution in [1.82, 2.24) is 10.6 Å². The third-order valence-corrected chi connectivity index (χ3v) is 3.84. The lowest BCUT2D eigenvalue weighted by Crippen LogP contribution is -2.42. The zero-order chi connectivity index (χ0) is 19.2. The van der Waals surface area contributed by atoms with Gasteiger partial charge in [-0.25, -0.2) is 0 Å². The highest BCUT2D eigenvalue weighted by atomic mass is 16.7. The number of hydrogen-bond donors (Lipinski definition) is 3. The van der Waals surface area contributed by atoms with Crippen LogP contribution >= 0.6 is 0 Å². The van der Waals surface area contributed by atoms with E-state index in [9.17, 15) is 14.4 Å². The third kappa shape index (κ3) is 4.75. The first-order valence-electron chi connectivity index (χ1n) is 8.32. The zero-order valence-corrected chi connectivity index (χ0v) is 14.7. The Morgan fingerprint density at radius 1 is 1.04 bits per heavy atom. The summed E-state index contributed by atoms with van der Waals surface area (Å²) < 4.78 is 10.5. The molecule has 3 rings (SSSR count). The minimum absolute atomic E-state index is 0.137. The number of hydrogen-bond acceptors (Lipinski definition) is 5. The van der Waals surface area contributed by atoms with Gasteiger partial charge >= 0.3 is 0 Å². The van der Waals surface area contributed by atoms with Gasteiger partial charge in [-0.05, 0) is 17.7 Å². The van der Waals surface area contributed by atoms with E-state index in [0.29, 0.717) is 22.7 Å². The van der Waals surface area contributed by atoms with Gasteiger partial charge in [0, 0.05) is 18.7 Å². The Hall–Kier alpha value is -3.55. The summed E-state index contributed by atoms with van der Waals surface area (Å²) >= 11 is 0. The highest BCUT2D eigenvalue weighted by Gasteiger charge is 2.23. The number of carbonyl (C=O) groups is 3. The smallest absolute Gasteiger partial charge is 0.251 e. The van der Waals surface area contributed by atoms with Crippen LogP contribution in [0.1, 0.15) is 18.5 Å². The Bertz CT molecular complexity index is 854. The van der Waals surface area contributed by atoms with E-state index in [0.717, 1.165) is 0 Å². The molecule has 8 heteroatoms. The number of fused-ring (bicyclic) bond motifs is 1. The van der Waals surface area contributed by atoms with Crippen LogP contribution in [0.3, 0.4) is 0 Å². The van der Waals surface area contributed by atoms with Gasteiger partial charge in [-0.15, -0.1) is 0 Å². The van der Waals surface area contributed by atoms with Gasteiger partial charge in [-0.1, -0.05) is 30.3 Å².